The summed E-state index contributed by atoms with van der Waals surface area (Å²) < 4.78 is 78.3. The van der Waals surface area contributed by atoms with Crippen LogP contribution >= 0.6 is 0 Å². The molecule has 3 aromatic rings. The molecule has 0 saturated heterocycles. The Bertz CT molecular complexity index is 851. The van der Waals surface area contributed by atoms with Gasteiger partial charge >= 0.3 is 12.4 Å². The minimum absolute atomic E-state index is 0.280. The van der Waals surface area contributed by atoms with Gasteiger partial charge in [-0.2, -0.15) is 31.4 Å². The molecule has 0 aliphatic rings. The first-order chi connectivity index (χ1) is 10.7. The largest absolute Gasteiger partial charge is 0.451 e. The van der Waals surface area contributed by atoms with Gasteiger partial charge in [-0.25, -0.2) is 14.6 Å². The summed E-state index contributed by atoms with van der Waals surface area (Å²) in [6.07, 6.45) is -9.38. The molecule has 0 radical (unpaired) electrons. The third-order valence-corrected chi connectivity index (χ3v) is 2.95. The first kappa shape index (κ1) is 15.3. The maximum atomic E-state index is 13.0. The predicted octanol–water partition coefficient (Wildman–Crippen LogP) is 3.85. The van der Waals surface area contributed by atoms with Gasteiger partial charge in [0.05, 0.1) is 17.3 Å². The number of rotatable bonds is 1. The van der Waals surface area contributed by atoms with Crippen LogP contribution in [0.15, 0.2) is 36.5 Å². The van der Waals surface area contributed by atoms with Crippen molar-refractivity contribution in [3.8, 4) is 5.69 Å². The standard InChI is InChI=1S/C13H6F6N4/c14-12(15,16)9-8-6-20-23(7-4-2-1-3-5-7)10(8)22-11(21-9)13(17,18)19/h1-6H. The quantitative estimate of drug-likeness (QED) is 0.636. The Kier molecular flexibility index (Phi) is 3.27. The van der Waals surface area contributed by atoms with Crippen molar-refractivity contribution in [2.75, 3.05) is 0 Å². The number of aromatic nitrogens is 4. The molecule has 4 nitrogen and oxygen atoms in total. The summed E-state index contributed by atoms with van der Waals surface area (Å²) in [7, 11) is 0. The molecule has 2 heterocycles. The fourth-order valence-electron chi connectivity index (χ4n) is 2.01. The number of fused-ring (bicyclic) bond motifs is 1. The van der Waals surface area contributed by atoms with Crippen molar-refractivity contribution in [2.24, 2.45) is 0 Å². The Morgan fingerprint density at radius 2 is 1.48 bits per heavy atom. The molecule has 0 atom stereocenters. The lowest BCUT2D eigenvalue weighted by molar-refractivity contribution is -0.151. The summed E-state index contributed by atoms with van der Waals surface area (Å²) in [5.74, 6) is -1.87. The molecule has 23 heavy (non-hydrogen) atoms. The molecular weight excluding hydrogens is 326 g/mol. The number of hydrogen-bond donors (Lipinski definition) is 0. The van der Waals surface area contributed by atoms with Crippen LogP contribution in [0.25, 0.3) is 16.7 Å². The van der Waals surface area contributed by atoms with Crippen LogP contribution in [0.1, 0.15) is 11.5 Å². The zero-order chi connectivity index (χ0) is 16.8. The molecular formula is C13H6F6N4. The molecule has 0 aliphatic carbocycles. The van der Waals surface area contributed by atoms with E-state index < -0.39 is 34.9 Å². The Labute approximate surface area is 124 Å². The second-order valence-electron chi connectivity index (χ2n) is 4.52. The summed E-state index contributed by atoms with van der Waals surface area (Å²) in [5.41, 5.74) is -1.95. The van der Waals surface area contributed by atoms with E-state index in [1.165, 1.54) is 12.1 Å². The van der Waals surface area contributed by atoms with E-state index in [1.54, 1.807) is 18.2 Å². The van der Waals surface area contributed by atoms with E-state index in [2.05, 4.69) is 15.1 Å². The van der Waals surface area contributed by atoms with Crippen LogP contribution in [0.4, 0.5) is 26.3 Å². The molecule has 0 N–H and O–H groups in total. The zero-order valence-electron chi connectivity index (χ0n) is 11.0. The lowest BCUT2D eigenvalue weighted by atomic mass is 10.2. The van der Waals surface area contributed by atoms with Crippen LogP contribution in [0, 0.1) is 0 Å². The number of nitrogens with zero attached hydrogens (tertiary/aromatic N) is 4. The Morgan fingerprint density at radius 3 is 2.04 bits per heavy atom. The highest BCUT2D eigenvalue weighted by Gasteiger charge is 2.42. The number of alkyl halides is 6. The average molecular weight is 332 g/mol. The molecule has 2 aromatic heterocycles. The van der Waals surface area contributed by atoms with E-state index in [-0.39, 0.29) is 5.69 Å². The molecule has 3 rings (SSSR count). The van der Waals surface area contributed by atoms with Crippen LogP contribution < -0.4 is 0 Å². The molecule has 0 unspecified atom stereocenters. The van der Waals surface area contributed by atoms with E-state index in [9.17, 15) is 26.3 Å². The monoisotopic (exact) mass is 332 g/mol. The lowest BCUT2D eigenvalue weighted by Crippen LogP contribution is -2.18. The van der Waals surface area contributed by atoms with Gasteiger partial charge in [0.2, 0.25) is 5.82 Å². The first-order valence-corrected chi connectivity index (χ1v) is 6.13. The smallest absolute Gasteiger partial charge is 0.219 e. The summed E-state index contributed by atoms with van der Waals surface area (Å²) in [6, 6.07) is 7.75. The van der Waals surface area contributed by atoms with Crippen LogP contribution in [0.5, 0.6) is 0 Å². The second kappa shape index (κ2) is 4.93. The van der Waals surface area contributed by atoms with E-state index >= 15 is 0 Å². The van der Waals surface area contributed by atoms with Crippen molar-refractivity contribution in [2.45, 2.75) is 12.4 Å². The number of benzene rings is 1. The van der Waals surface area contributed by atoms with E-state index in [0.29, 0.717) is 0 Å². The first-order valence-electron chi connectivity index (χ1n) is 6.13. The van der Waals surface area contributed by atoms with Crippen molar-refractivity contribution in [1.29, 1.82) is 0 Å². The van der Waals surface area contributed by atoms with E-state index in [4.69, 9.17) is 0 Å². The fourth-order valence-corrected chi connectivity index (χ4v) is 2.01. The topological polar surface area (TPSA) is 43.6 Å². The highest BCUT2D eigenvalue weighted by atomic mass is 19.4. The van der Waals surface area contributed by atoms with Crippen molar-refractivity contribution in [1.82, 2.24) is 19.7 Å². The lowest BCUT2D eigenvalue weighted by Gasteiger charge is -2.11. The normalized spacial score (nSPS) is 12.8. The molecule has 0 aliphatic heterocycles. The minimum atomic E-state index is -5.11. The highest BCUT2D eigenvalue weighted by molar-refractivity contribution is 5.79. The Balaban J connectivity index is 2.35. The third kappa shape index (κ3) is 2.71. The fraction of sp³-hybridized carbons (Fsp3) is 0.154. The summed E-state index contributed by atoms with van der Waals surface area (Å²) in [5, 5.41) is 3.11. The van der Waals surface area contributed by atoms with Gasteiger partial charge in [0.25, 0.3) is 0 Å². The molecule has 0 saturated carbocycles. The summed E-state index contributed by atoms with van der Waals surface area (Å²) >= 11 is 0. The van der Waals surface area contributed by atoms with Gasteiger partial charge in [0, 0.05) is 0 Å². The van der Waals surface area contributed by atoms with Crippen molar-refractivity contribution in [3.05, 3.63) is 48.0 Å². The molecule has 1 aromatic carbocycles. The second-order valence-corrected chi connectivity index (χ2v) is 4.52. The highest BCUT2D eigenvalue weighted by Crippen LogP contribution is 2.36. The van der Waals surface area contributed by atoms with E-state index in [1.807, 2.05) is 0 Å². The molecule has 0 amide bonds. The van der Waals surface area contributed by atoms with Crippen LogP contribution in [-0.2, 0) is 12.4 Å². The molecule has 0 spiro atoms. The van der Waals surface area contributed by atoms with E-state index in [0.717, 1.165) is 10.9 Å². The van der Waals surface area contributed by atoms with Gasteiger partial charge in [0.15, 0.2) is 11.3 Å². The van der Waals surface area contributed by atoms with Crippen LogP contribution in [0.2, 0.25) is 0 Å². The van der Waals surface area contributed by atoms with Gasteiger partial charge in [-0.1, -0.05) is 18.2 Å². The molecule has 0 fully saturated rings. The van der Waals surface area contributed by atoms with Gasteiger partial charge < -0.3 is 0 Å². The van der Waals surface area contributed by atoms with Crippen molar-refractivity contribution >= 4 is 11.0 Å². The van der Waals surface area contributed by atoms with Gasteiger partial charge in [-0.05, 0) is 12.1 Å². The maximum Gasteiger partial charge on any atom is 0.451 e. The third-order valence-electron chi connectivity index (χ3n) is 2.95. The van der Waals surface area contributed by atoms with Gasteiger partial charge in [0.1, 0.15) is 0 Å². The van der Waals surface area contributed by atoms with Crippen molar-refractivity contribution < 1.29 is 26.3 Å². The predicted molar refractivity (Wildman–Crippen MR) is 66.7 cm³/mol. The Hall–Kier alpha value is -2.65. The zero-order valence-corrected chi connectivity index (χ0v) is 11.0. The molecule has 10 heteroatoms. The molecule has 120 valence electrons. The Morgan fingerprint density at radius 1 is 0.826 bits per heavy atom. The van der Waals surface area contributed by atoms with Crippen LogP contribution in [-0.4, -0.2) is 19.7 Å². The minimum Gasteiger partial charge on any atom is -0.219 e. The van der Waals surface area contributed by atoms with Crippen molar-refractivity contribution in [3.63, 3.8) is 0 Å². The SMILES string of the molecule is FC(F)(F)c1nc(C(F)(F)F)c2cnn(-c3ccccc3)c2n1. The summed E-state index contributed by atoms with van der Waals surface area (Å²) in [6.45, 7) is 0. The van der Waals surface area contributed by atoms with Crippen LogP contribution in [0.3, 0.4) is 0 Å². The molecule has 0 bridgehead atoms. The number of hydrogen-bond acceptors (Lipinski definition) is 3. The van der Waals surface area contributed by atoms with Gasteiger partial charge in [-0.15, -0.1) is 0 Å². The average Bonchev–Trinajstić information content (AvgIpc) is 2.89. The van der Waals surface area contributed by atoms with Gasteiger partial charge in [-0.3, -0.25) is 0 Å². The summed E-state index contributed by atoms with van der Waals surface area (Å²) in [4.78, 5) is 5.86. The maximum absolute atomic E-state index is 13.0. The number of halogens is 6. The number of para-hydroxylation sites is 1.